The lowest BCUT2D eigenvalue weighted by atomic mass is 10.0. The van der Waals surface area contributed by atoms with E-state index in [1.165, 1.54) is 12.1 Å². The summed E-state index contributed by atoms with van der Waals surface area (Å²) in [6.07, 6.45) is -6.07. The summed E-state index contributed by atoms with van der Waals surface area (Å²) in [6, 6.07) is 3.80. The van der Waals surface area contributed by atoms with Gasteiger partial charge in [0.1, 0.15) is 24.0 Å². The average Bonchev–Trinajstić information content (AvgIpc) is 3.16. The molecule has 0 amide bonds. The van der Waals surface area contributed by atoms with Crippen LogP contribution in [0.5, 0.6) is 5.88 Å². The molecule has 0 saturated carbocycles. The lowest BCUT2D eigenvalue weighted by molar-refractivity contribution is -0.151. The third kappa shape index (κ3) is 3.76. The molecule has 2 aromatic heterocycles. The zero-order valence-corrected chi connectivity index (χ0v) is 15.4. The normalized spacial score (nSPS) is 26.9. The molecule has 2 fully saturated rings. The molecule has 0 bridgehead atoms. The summed E-state index contributed by atoms with van der Waals surface area (Å²) >= 11 is 0. The molecule has 8 nitrogen and oxygen atoms in total. The van der Waals surface area contributed by atoms with Gasteiger partial charge in [0, 0.05) is 13.0 Å². The number of rotatable bonds is 3. The SMILES string of the molecule is Cc1nnc(N2C[C@H](Oc3cccc(C(F)(F)F)n3)[C@H]3OC(C)(C)O[C@H]3C2)o1. The largest absolute Gasteiger partial charge is 0.470 e. The van der Waals surface area contributed by atoms with Crippen LogP contribution in [0.3, 0.4) is 0 Å². The van der Waals surface area contributed by atoms with Gasteiger partial charge in [0.15, 0.2) is 5.79 Å². The van der Waals surface area contributed by atoms with Crippen molar-refractivity contribution in [3.8, 4) is 5.88 Å². The minimum atomic E-state index is -4.56. The molecule has 0 radical (unpaired) electrons. The molecule has 3 atom stereocenters. The molecule has 11 heteroatoms. The van der Waals surface area contributed by atoms with Crippen LogP contribution in [-0.2, 0) is 15.7 Å². The number of ether oxygens (including phenoxy) is 3. The predicted octanol–water partition coefficient (Wildman–Crippen LogP) is 2.58. The molecular weight excluding hydrogens is 381 g/mol. The minimum Gasteiger partial charge on any atom is -0.470 e. The molecule has 0 aromatic carbocycles. The first-order valence-electron chi connectivity index (χ1n) is 8.72. The second-order valence-corrected chi connectivity index (χ2v) is 7.16. The van der Waals surface area contributed by atoms with Crippen molar-refractivity contribution in [1.29, 1.82) is 0 Å². The van der Waals surface area contributed by atoms with Gasteiger partial charge in [-0.2, -0.15) is 13.2 Å². The quantitative estimate of drug-likeness (QED) is 0.778. The number of piperidine rings is 1. The fraction of sp³-hybridized carbons (Fsp3) is 0.588. The Bertz CT molecular complexity index is 857. The molecule has 0 N–H and O–H groups in total. The van der Waals surface area contributed by atoms with Crippen LogP contribution in [0.1, 0.15) is 25.4 Å². The number of alkyl halides is 3. The van der Waals surface area contributed by atoms with E-state index in [0.29, 0.717) is 12.4 Å². The van der Waals surface area contributed by atoms with E-state index in [-0.39, 0.29) is 24.5 Å². The number of nitrogens with zero attached hydrogens (tertiary/aromatic N) is 4. The highest BCUT2D eigenvalue weighted by Crippen LogP contribution is 2.36. The molecule has 4 heterocycles. The maximum absolute atomic E-state index is 13.0. The maximum Gasteiger partial charge on any atom is 0.433 e. The van der Waals surface area contributed by atoms with Gasteiger partial charge in [0.2, 0.25) is 11.8 Å². The van der Waals surface area contributed by atoms with Crippen molar-refractivity contribution in [3.63, 3.8) is 0 Å². The second-order valence-electron chi connectivity index (χ2n) is 7.16. The number of pyridine rings is 1. The van der Waals surface area contributed by atoms with Crippen molar-refractivity contribution in [1.82, 2.24) is 15.2 Å². The van der Waals surface area contributed by atoms with E-state index in [2.05, 4.69) is 15.2 Å². The smallest absolute Gasteiger partial charge is 0.433 e. The molecule has 152 valence electrons. The van der Waals surface area contributed by atoms with Gasteiger partial charge >= 0.3 is 12.2 Å². The zero-order valence-electron chi connectivity index (χ0n) is 15.4. The summed E-state index contributed by atoms with van der Waals surface area (Å²) in [4.78, 5) is 5.35. The number of hydrogen-bond donors (Lipinski definition) is 0. The number of aryl methyl sites for hydroxylation is 1. The summed E-state index contributed by atoms with van der Waals surface area (Å²) in [5, 5.41) is 7.82. The molecule has 2 saturated heterocycles. The van der Waals surface area contributed by atoms with E-state index in [9.17, 15) is 13.2 Å². The number of anilines is 1. The molecule has 0 spiro atoms. The van der Waals surface area contributed by atoms with E-state index in [1.54, 1.807) is 25.7 Å². The summed E-state index contributed by atoms with van der Waals surface area (Å²) in [5.74, 6) is -0.590. The Morgan fingerprint density at radius 1 is 1.18 bits per heavy atom. The molecule has 2 aliphatic heterocycles. The van der Waals surface area contributed by atoms with Gasteiger partial charge in [-0.05, 0) is 19.9 Å². The number of fused-ring (bicyclic) bond motifs is 1. The first-order chi connectivity index (χ1) is 13.1. The van der Waals surface area contributed by atoms with Gasteiger partial charge in [0.25, 0.3) is 0 Å². The highest BCUT2D eigenvalue weighted by molar-refractivity contribution is 5.29. The Labute approximate surface area is 158 Å². The Morgan fingerprint density at radius 2 is 1.96 bits per heavy atom. The fourth-order valence-corrected chi connectivity index (χ4v) is 3.40. The zero-order chi connectivity index (χ0) is 20.1. The van der Waals surface area contributed by atoms with Crippen LogP contribution in [0.25, 0.3) is 0 Å². The van der Waals surface area contributed by atoms with Gasteiger partial charge in [-0.15, -0.1) is 5.10 Å². The highest BCUT2D eigenvalue weighted by atomic mass is 19.4. The lowest BCUT2D eigenvalue weighted by Gasteiger charge is -2.37. The van der Waals surface area contributed by atoms with Crippen LogP contribution in [0, 0.1) is 6.92 Å². The Morgan fingerprint density at radius 3 is 2.64 bits per heavy atom. The molecule has 2 aromatic rings. The van der Waals surface area contributed by atoms with Gasteiger partial charge in [-0.1, -0.05) is 11.2 Å². The Balaban J connectivity index is 1.60. The van der Waals surface area contributed by atoms with Crippen molar-refractivity contribution in [3.05, 3.63) is 29.8 Å². The molecule has 4 rings (SSSR count). The summed E-state index contributed by atoms with van der Waals surface area (Å²) in [7, 11) is 0. The molecule has 0 aliphatic carbocycles. The van der Waals surface area contributed by atoms with Crippen LogP contribution < -0.4 is 9.64 Å². The summed E-state index contributed by atoms with van der Waals surface area (Å²) in [5.41, 5.74) is -1.02. The van der Waals surface area contributed by atoms with E-state index in [4.69, 9.17) is 18.6 Å². The van der Waals surface area contributed by atoms with Gasteiger partial charge in [0.05, 0.1) is 13.1 Å². The standard InChI is InChI=1S/C17H19F3N4O4/c1-9-22-23-15(25-9)24-7-10(14-11(8-24)27-16(2,3)28-14)26-13-6-4-5-12(21-13)17(18,19)20/h4-6,10-11,14H,7-8H2,1-3H3/t10-,11-,14+/m0/s1. The number of hydrogen-bond acceptors (Lipinski definition) is 8. The lowest BCUT2D eigenvalue weighted by Crippen LogP contribution is -2.56. The Kier molecular flexibility index (Phi) is 4.46. The molecule has 2 aliphatic rings. The van der Waals surface area contributed by atoms with Crippen LogP contribution in [-0.4, -0.2) is 52.4 Å². The highest BCUT2D eigenvalue weighted by Gasteiger charge is 2.51. The van der Waals surface area contributed by atoms with Crippen LogP contribution in [0.4, 0.5) is 19.2 Å². The average molecular weight is 400 g/mol. The summed E-state index contributed by atoms with van der Waals surface area (Å²) < 4.78 is 62.0. The summed E-state index contributed by atoms with van der Waals surface area (Å²) in [6.45, 7) is 5.89. The van der Waals surface area contributed by atoms with Crippen molar-refractivity contribution >= 4 is 6.01 Å². The van der Waals surface area contributed by atoms with E-state index < -0.39 is 29.9 Å². The molecule has 28 heavy (non-hydrogen) atoms. The topological polar surface area (TPSA) is 82.7 Å². The van der Waals surface area contributed by atoms with Crippen molar-refractivity contribution < 1.29 is 31.8 Å². The van der Waals surface area contributed by atoms with Crippen molar-refractivity contribution in [2.75, 3.05) is 18.0 Å². The Hall–Kier alpha value is -2.40. The van der Waals surface area contributed by atoms with Crippen molar-refractivity contribution in [2.45, 2.75) is 51.0 Å². The third-order valence-corrected chi connectivity index (χ3v) is 4.46. The van der Waals surface area contributed by atoms with Crippen molar-refractivity contribution in [2.24, 2.45) is 0 Å². The third-order valence-electron chi connectivity index (χ3n) is 4.46. The van der Waals surface area contributed by atoms with E-state index in [1.807, 2.05) is 0 Å². The fourth-order valence-electron chi connectivity index (χ4n) is 3.40. The van der Waals surface area contributed by atoms with Gasteiger partial charge in [-0.3, -0.25) is 0 Å². The van der Waals surface area contributed by atoms with E-state index in [0.717, 1.165) is 6.07 Å². The second kappa shape index (κ2) is 6.59. The minimum absolute atomic E-state index is 0.143. The number of halogens is 3. The van der Waals surface area contributed by atoms with Gasteiger partial charge in [-0.25, -0.2) is 4.98 Å². The predicted molar refractivity (Wildman–Crippen MR) is 88.7 cm³/mol. The first-order valence-corrected chi connectivity index (χ1v) is 8.72. The van der Waals surface area contributed by atoms with Gasteiger partial charge < -0.3 is 23.5 Å². The number of aromatic nitrogens is 3. The molecule has 0 unspecified atom stereocenters. The van der Waals surface area contributed by atoms with E-state index >= 15 is 0 Å². The van der Waals surface area contributed by atoms with Crippen LogP contribution in [0.15, 0.2) is 22.6 Å². The first kappa shape index (κ1) is 18.9. The maximum atomic E-state index is 13.0. The van der Waals surface area contributed by atoms with Crippen LogP contribution in [0.2, 0.25) is 0 Å². The molecular formula is C17H19F3N4O4. The van der Waals surface area contributed by atoms with Crippen LogP contribution >= 0.6 is 0 Å². The monoisotopic (exact) mass is 400 g/mol.